The fourth-order valence-electron chi connectivity index (χ4n) is 2.11. The molecule has 90 valence electrons. The van der Waals surface area contributed by atoms with E-state index in [0.717, 1.165) is 6.54 Å². The van der Waals surface area contributed by atoms with E-state index in [2.05, 4.69) is 16.6 Å². The lowest BCUT2D eigenvalue weighted by molar-refractivity contribution is -0.120. The van der Waals surface area contributed by atoms with Crippen LogP contribution in [-0.2, 0) is 4.79 Å². The predicted octanol–water partition coefficient (Wildman–Crippen LogP) is 1.44. The summed E-state index contributed by atoms with van der Waals surface area (Å²) < 4.78 is 0. The molecule has 0 atom stereocenters. The van der Waals surface area contributed by atoms with Crippen LogP contribution in [0.2, 0.25) is 0 Å². The molecule has 1 rings (SSSR count). The molecule has 16 heavy (non-hydrogen) atoms. The van der Waals surface area contributed by atoms with Gasteiger partial charge in [-0.15, -0.1) is 6.42 Å². The summed E-state index contributed by atoms with van der Waals surface area (Å²) in [5.41, 5.74) is 0. The number of nitrogens with one attached hydrogen (secondary N) is 2. The van der Waals surface area contributed by atoms with Crippen LogP contribution in [0, 0.1) is 12.3 Å². The fraction of sp³-hybridized carbons (Fsp3) is 0.769. The number of amides is 1. The summed E-state index contributed by atoms with van der Waals surface area (Å²) in [5, 5.41) is 6.12. The lowest BCUT2D eigenvalue weighted by Gasteiger charge is -2.15. The highest BCUT2D eigenvalue weighted by molar-refractivity contribution is 5.76. The molecule has 1 saturated carbocycles. The Labute approximate surface area is 98.4 Å². The first-order valence-electron chi connectivity index (χ1n) is 6.26. The van der Waals surface area contributed by atoms with Gasteiger partial charge >= 0.3 is 0 Å². The summed E-state index contributed by atoms with van der Waals surface area (Å²) in [7, 11) is 0. The highest BCUT2D eigenvalue weighted by Crippen LogP contribution is 2.16. The van der Waals surface area contributed by atoms with Gasteiger partial charge in [-0.05, 0) is 12.8 Å². The van der Waals surface area contributed by atoms with Crippen molar-refractivity contribution in [3.63, 3.8) is 0 Å². The fourth-order valence-corrected chi connectivity index (χ4v) is 2.11. The molecule has 0 aromatic heterocycles. The van der Waals surface area contributed by atoms with Crippen molar-refractivity contribution in [3.8, 4) is 12.3 Å². The number of rotatable bonds is 5. The Bertz CT molecular complexity index is 237. The maximum atomic E-state index is 11.3. The van der Waals surface area contributed by atoms with Crippen molar-refractivity contribution < 1.29 is 4.79 Å². The summed E-state index contributed by atoms with van der Waals surface area (Å²) >= 11 is 0. The Morgan fingerprint density at radius 2 is 1.94 bits per heavy atom. The van der Waals surface area contributed by atoms with Crippen LogP contribution in [0.5, 0.6) is 0 Å². The standard InChI is InChI=1S/C13H22N2O/c1-2-10-15-13(16)9-11-14-12-7-5-3-4-6-8-12/h1,12,14H,3-11H2,(H,15,16). The molecular formula is C13H22N2O. The van der Waals surface area contributed by atoms with Gasteiger partial charge in [-0.25, -0.2) is 0 Å². The van der Waals surface area contributed by atoms with Crippen molar-refractivity contribution in [1.82, 2.24) is 10.6 Å². The summed E-state index contributed by atoms with van der Waals surface area (Å²) in [6, 6.07) is 0.614. The smallest absolute Gasteiger partial charge is 0.222 e. The van der Waals surface area contributed by atoms with Crippen LogP contribution in [0.15, 0.2) is 0 Å². The van der Waals surface area contributed by atoms with E-state index in [9.17, 15) is 4.79 Å². The largest absolute Gasteiger partial charge is 0.345 e. The minimum Gasteiger partial charge on any atom is -0.345 e. The Kier molecular flexibility index (Phi) is 6.67. The zero-order valence-corrected chi connectivity index (χ0v) is 9.93. The molecule has 0 heterocycles. The number of carbonyl (C=O) groups is 1. The molecule has 0 aliphatic heterocycles. The molecular weight excluding hydrogens is 200 g/mol. The normalized spacial score (nSPS) is 17.4. The topological polar surface area (TPSA) is 41.1 Å². The third kappa shape index (κ3) is 5.77. The Balaban J connectivity index is 2.05. The highest BCUT2D eigenvalue weighted by atomic mass is 16.1. The molecule has 1 fully saturated rings. The molecule has 0 radical (unpaired) electrons. The van der Waals surface area contributed by atoms with Gasteiger partial charge in [0.15, 0.2) is 0 Å². The molecule has 1 aliphatic carbocycles. The summed E-state index contributed by atoms with van der Waals surface area (Å²) in [4.78, 5) is 11.3. The molecule has 0 spiro atoms. The predicted molar refractivity (Wildman–Crippen MR) is 66.0 cm³/mol. The van der Waals surface area contributed by atoms with E-state index in [4.69, 9.17) is 6.42 Å². The molecule has 3 nitrogen and oxygen atoms in total. The van der Waals surface area contributed by atoms with E-state index in [0.29, 0.717) is 19.0 Å². The first-order chi connectivity index (χ1) is 7.83. The van der Waals surface area contributed by atoms with Gasteiger partial charge in [0, 0.05) is 19.0 Å². The van der Waals surface area contributed by atoms with Gasteiger partial charge in [-0.3, -0.25) is 4.79 Å². The minimum atomic E-state index is 0.0408. The maximum absolute atomic E-state index is 11.3. The molecule has 0 saturated heterocycles. The molecule has 0 unspecified atom stereocenters. The molecule has 0 aromatic rings. The average molecular weight is 222 g/mol. The van der Waals surface area contributed by atoms with Gasteiger partial charge < -0.3 is 10.6 Å². The molecule has 1 amide bonds. The molecule has 0 aromatic carbocycles. The van der Waals surface area contributed by atoms with Crippen LogP contribution in [0.4, 0.5) is 0 Å². The number of hydrogen-bond donors (Lipinski definition) is 2. The van der Waals surface area contributed by atoms with Gasteiger partial charge in [0.25, 0.3) is 0 Å². The van der Waals surface area contributed by atoms with Crippen LogP contribution >= 0.6 is 0 Å². The summed E-state index contributed by atoms with van der Waals surface area (Å²) in [6.45, 7) is 1.10. The average Bonchev–Trinajstić information content (AvgIpc) is 2.55. The zero-order chi connectivity index (χ0) is 11.6. The van der Waals surface area contributed by atoms with Gasteiger partial charge in [-0.1, -0.05) is 31.6 Å². The second kappa shape index (κ2) is 8.18. The van der Waals surface area contributed by atoms with Crippen molar-refractivity contribution >= 4 is 5.91 Å². The second-order valence-electron chi connectivity index (χ2n) is 4.37. The van der Waals surface area contributed by atoms with Gasteiger partial charge in [0.2, 0.25) is 5.91 Å². The van der Waals surface area contributed by atoms with Crippen molar-refractivity contribution in [1.29, 1.82) is 0 Å². The van der Waals surface area contributed by atoms with Gasteiger partial charge in [0.1, 0.15) is 0 Å². The van der Waals surface area contributed by atoms with Crippen LogP contribution in [-0.4, -0.2) is 25.0 Å². The van der Waals surface area contributed by atoms with Crippen LogP contribution in [0.1, 0.15) is 44.9 Å². The van der Waals surface area contributed by atoms with Crippen LogP contribution < -0.4 is 10.6 Å². The Morgan fingerprint density at radius 3 is 2.56 bits per heavy atom. The van der Waals surface area contributed by atoms with Crippen LogP contribution in [0.3, 0.4) is 0 Å². The SMILES string of the molecule is C#CCNC(=O)CCNC1CCCCCC1. The lowest BCUT2D eigenvalue weighted by atomic mass is 10.1. The first kappa shape index (κ1) is 13.1. The van der Waals surface area contributed by atoms with Gasteiger partial charge in [0.05, 0.1) is 6.54 Å². The van der Waals surface area contributed by atoms with Crippen LogP contribution in [0.25, 0.3) is 0 Å². The van der Waals surface area contributed by atoms with E-state index in [-0.39, 0.29) is 5.91 Å². The maximum Gasteiger partial charge on any atom is 0.222 e. The van der Waals surface area contributed by atoms with E-state index in [1.165, 1.54) is 38.5 Å². The molecule has 1 aliphatic rings. The summed E-state index contributed by atoms with van der Waals surface area (Å²) in [6.07, 6.45) is 13.5. The Morgan fingerprint density at radius 1 is 1.25 bits per heavy atom. The summed E-state index contributed by atoms with van der Waals surface area (Å²) in [5.74, 6) is 2.44. The van der Waals surface area contributed by atoms with E-state index < -0.39 is 0 Å². The number of hydrogen-bond acceptors (Lipinski definition) is 2. The van der Waals surface area contributed by atoms with Crippen molar-refractivity contribution in [2.75, 3.05) is 13.1 Å². The quantitative estimate of drug-likeness (QED) is 0.546. The van der Waals surface area contributed by atoms with Gasteiger partial charge in [-0.2, -0.15) is 0 Å². The first-order valence-corrected chi connectivity index (χ1v) is 6.26. The van der Waals surface area contributed by atoms with Crippen molar-refractivity contribution in [2.45, 2.75) is 51.0 Å². The van der Waals surface area contributed by atoms with Crippen molar-refractivity contribution in [3.05, 3.63) is 0 Å². The van der Waals surface area contributed by atoms with E-state index in [1.807, 2.05) is 0 Å². The second-order valence-corrected chi connectivity index (χ2v) is 4.37. The third-order valence-electron chi connectivity index (χ3n) is 3.03. The molecule has 3 heteroatoms. The number of carbonyl (C=O) groups excluding carboxylic acids is 1. The van der Waals surface area contributed by atoms with Crippen molar-refractivity contribution in [2.24, 2.45) is 0 Å². The third-order valence-corrected chi connectivity index (χ3v) is 3.03. The molecule has 0 bridgehead atoms. The number of terminal acetylenes is 1. The zero-order valence-electron chi connectivity index (χ0n) is 9.93. The monoisotopic (exact) mass is 222 g/mol. The minimum absolute atomic E-state index is 0.0408. The lowest BCUT2D eigenvalue weighted by Crippen LogP contribution is -2.33. The Hall–Kier alpha value is -1.01. The van der Waals surface area contributed by atoms with E-state index in [1.54, 1.807) is 0 Å². The van der Waals surface area contributed by atoms with E-state index >= 15 is 0 Å². The highest BCUT2D eigenvalue weighted by Gasteiger charge is 2.11. The molecule has 2 N–H and O–H groups in total.